The van der Waals surface area contributed by atoms with Crippen molar-refractivity contribution < 1.29 is 0 Å². The molecule has 2 N–H and O–H groups in total. The van der Waals surface area contributed by atoms with Gasteiger partial charge in [-0.15, -0.1) is 0 Å². The summed E-state index contributed by atoms with van der Waals surface area (Å²) in [5.41, 5.74) is 4.69. The van der Waals surface area contributed by atoms with E-state index in [1.165, 1.54) is 16.6 Å². The first-order valence-corrected chi connectivity index (χ1v) is 10.6. The van der Waals surface area contributed by atoms with Crippen LogP contribution in [0.2, 0.25) is 0 Å². The summed E-state index contributed by atoms with van der Waals surface area (Å²) in [4.78, 5) is 8.99. The number of fused-ring (bicyclic) bond motifs is 1. The number of aryl methyl sites for hydroxylation is 2. The van der Waals surface area contributed by atoms with Crippen LogP contribution >= 0.6 is 0 Å². The molecule has 0 saturated carbocycles. The second-order valence-electron chi connectivity index (χ2n) is 7.53. The van der Waals surface area contributed by atoms with Gasteiger partial charge in [0.25, 0.3) is 0 Å². The summed E-state index contributed by atoms with van der Waals surface area (Å²) in [6.07, 6.45) is 4.77. The van der Waals surface area contributed by atoms with Crippen molar-refractivity contribution in [2.45, 2.75) is 33.0 Å². The monoisotopic (exact) mass is 415 g/mol. The van der Waals surface area contributed by atoms with Crippen LogP contribution in [0.3, 0.4) is 0 Å². The number of hydrogen-bond donors (Lipinski definition) is 2. The summed E-state index contributed by atoms with van der Waals surface area (Å²) >= 11 is 0. The van der Waals surface area contributed by atoms with Crippen molar-refractivity contribution in [3.8, 4) is 0 Å². The molecule has 7 heteroatoms. The van der Waals surface area contributed by atoms with E-state index >= 15 is 0 Å². The smallest absolute Gasteiger partial charge is 0.191 e. The summed E-state index contributed by atoms with van der Waals surface area (Å²) in [5.74, 6) is 1.86. The molecule has 0 aliphatic carbocycles. The molecule has 2 aromatic heterocycles. The highest BCUT2D eigenvalue weighted by Gasteiger charge is 2.06. The van der Waals surface area contributed by atoms with Crippen LogP contribution in [0.25, 0.3) is 11.0 Å². The van der Waals surface area contributed by atoms with Crippen LogP contribution in [0.5, 0.6) is 0 Å². The minimum atomic E-state index is 0.720. The maximum atomic E-state index is 4.64. The zero-order valence-electron chi connectivity index (χ0n) is 18.1. The first kappa shape index (κ1) is 20.7. The maximum absolute atomic E-state index is 4.64. The predicted octanol–water partition coefficient (Wildman–Crippen LogP) is 3.34. The summed E-state index contributed by atoms with van der Waals surface area (Å²) in [6.45, 7) is 5.32. The molecule has 2 heterocycles. The molecule has 0 fully saturated rings. The normalized spacial score (nSPS) is 11.7. The topological polar surface area (TPSA) is 72.1 Å². The van der Waals surface area contributed by atoms with Crippen molar-refractivity contribution >= 4 is 17.0 Å². The Bertz CT molecular complexity index is 1140. The molecular formula is C24H29N7. The van der Waals surface area contributed by atoms with E-state index in [0.29, 0.717) is 0 Å². The Kier molecular flexibility index (Phi) is 6.62. The molecule has 160 valence electrons. The van der Waals surface area contributed by atoms with E-state index in [-0.39, 0.29) is 0 Å². The Labute approximate surface area is 182 Å². The summed E-state index contributed by atoms with van der Waals surface area (Å²) < 4.78 is 4.20. The third-order valence-corrected chi connectivity index (χ3v) is 5.28. The third kappa shape index (κ3) is 5.31. The van der Waals surface area contributed by atoms with E-state index in [0.717, 1.165) is 49.9 Å². The zero-order valence-corrected chi connectivity index (χ0v) is 18.1. The molecule has 2 aromatic carbocycles. The number of aliphatic imine (C=N–C) groups is 1. The third-order valence-electron chi connectivity index (χ3n) is 5.28. The number of guanidine groups is 1. The fourth-order valence-electron chi connectivity index (χ4n) is 3.75. The van der Waals surface area contributed by atoms with Gasteiger partial charge in [0.15, 0.2) is 5.96 Å². The van der Waals surface area contributed by atoms with Crippen LogP contribution in [-0.2, 0) is 19.6 Å². The quantitative estimate of drug-likeness (QED) is 0.263. The van der Waals surface area contributed by atoms with Gasteiger partial charge in [0.05, 0.1) is 17.6 Å². The van der Waals surface area contributed by atoms with E-state index in [9.17, 15) is 0 Å². The van der Waals surface area contributed by atoms with Crippen LogP contribution in [0.4, 0.5) is 0 Å². The fourth-order valence-corrected chi connectivity index (χ4v) is 3.75. The van der Waals surface area contributed by atoms with Crippen LogP contribution in [0.1, 0.15) is 23.4 Å². The van der Waals surface area contributed by atoms with Crippen molar-refractivity contribution in [3.63, 3.8) is 0 Å². The van der Waals surface area contributed by atoms with Crippen molar-refractivity contribution in [1.29, 1.82) is 0 Å². The summed E-state index contributed by atoms with van der Waals surface area (Å²) in [7, 11) is 1.80. The van der Waals surface area contributed by atoms with Gasteiger partial charge in [-0.25, -0.2) is 4.98 Å². The van der Waals surface area contributed by atoms with Gasteiger partial charge in [-0.3, -0.25) is 9.67 Å². The highest BCUT2D eigenvalue weighted by atomic mass is 15.3. The number of nitrogens with zero attached hydrogens (tertiary/aromatic N) is 5. The first-order valence-electron chi connectivity index (χ1n) is 10.6. The van der Waals surface area contributed by atoms with Crippen LogP contribution in [-0.4, -0.2) is 38.9 Å². The van der Waals surface area contributed by atoms with Gasteiger partial charge in [0, 0.05) is 39.1 Å². The highest BCUT2D eigenvalue weighted by Crippen LogP contribution is 2.15. The Balaban J connectivity index is 1.25. The molecular weight excluding hydrogens is 386 g/mol. The van der Waals surface area contributed by atoms with E-state index in [1.807, 2.05) is 23.0 Å². The van der Waals surface area contributed by atoms with E-state index in [1.54, 1.807) is 13.2 Å². The van der Waals surface area contributed by atoms with Gasteiger partial charge in [-0.05, 0) is 42.7 Å². The van der Waals surface area contributed by atoms with Gasteiger partial charge in [-0.1, -0.05) is 36.4 Å². The lowest BCUT2D eigenvalue weighted by Crippen LogP contribution is -2.37. The van der Waals surface area contributed by atoms with Gasteiger partial charge in [0.1, 0.15) is 5.82 Å². The second-order valence-corrected chi connectivity index (χ2v) is 7.53. The van der Waals surface area contributed by atoms with Crippen LogP contribution < -0.4 is 10.6 Å². The molecule has 0 spiro atoms. The molecule has 0 aliphatic heterocycles. The van der Waals surface area contributed by atoms with Crippen molar-refractivity contribution in [3.05, 3.63) is 83.9 Å². The van der Waals surface area contributed by atoms with Gasteiger partial charge >= 0.3 is 0 Å². The lowest BCUT2D eigenvalue weighted by Gasteiger charge is -2.13. The molecule has 0 atom stereocenters. The molecule has 0 unspecified atom stereocenters. The molecule has 7 nitrogen and oxygen atoms in total. The van der Waals surface area contributed by atoms with Crippen molar-refractivity contribution in [1.82, 2.24) is 30.0 Å². The average molecular weight is 416 g/mol. The second kappa shape index (κ2) is 9.93. The predicted molar refractivity (Wildman–Crippen MR) is 125 cm³/mol. The number of para-hydroxylation sites is 2. The number of imidazole rings is 1. The lowest BCUT2D eigenvalue weighted by molar-refractivity contribution is 0.624. The Morgan fingerprint density at radius 3 is 2.74 bits per heavy atom. The molecule has 31 heavy (non-hydrogen) atoms. The SMILES string of the molecule is CN=C(NCCCn1c(C)nc2ccccc21)NCc1cccc(Cn2cccn2)c1. The maximum Gasteiger partial charge on any atom is 0.191 e. The Hall–Kier alpha value is -3.61. The number of benzene rings is 2. The van der Waals surface area contributed by atoms with Crippen LogP contribution in [0.15, 0.2) is 72.0 Å². The number of nitrogens with one attached hydrogen (secondary N) is 2. The highest BCUT2D eigenvalue weighted by molar-refractivity contribution is 5.79. The molecule has 0 saturated heterocycles. The van der Waals surface area contributed by atoms with Gasteiger partial charge in [-0.2, -0.15) is 5.10 Å². The largest absolute Gasteiger partial charge is 0.356 e. The van der Waals surface area contributed by atoms with E-state index in [2.05, 4.69) is 79.7 Å². The summed E-state index contributed by atoms with van der Waals surface area (Å²) in [6, 6.07) is 18.8. The molecule has 4 rings (SSSR count). The lowest BCUT2D eigenvalue weighted by atomic mass is 10.1. The molecule has 0 radical (unpaired) electrons. The first-order chi connectivity index (χ1) is 15.2. The minimum Gasteiger partial charge on any atom is -0.356 e. The number of rotatable bonds is 8. The standard InChI is InChI=1S/C24H29N7/c1-19-29-22-10-3-4-11-23(22)31(19)15-6-12-26-24(25-2)27-17-20-8-5-9-21(16-20)18-30-14-7-13-28-30/h3-5,7-11,13-14,16H,6,12,15,17-18H2,1-2H3,(H2,25,26,27). The van der Waals surface area contributed by atoms with E-state index in [4.69, 9.17) is 0 Å². The molecule has 0 aliphatic rings. The average Bonchev–Trinajstić information content (AvgIpc) is 3.40. The minimum absolute atomic E-state index is 0.720. The zero-order chi connectivity index (χ0) is 21.5. The van der Waals surface area contributed by atoms with Gasteiger partial charge < -0.3 is 15.2 Å². The van der Waals surface area contributed by atoms with Crippen molar-refractivity contribution in [2.24, 2.45) is 4.99 Å². The number of hydrogen-bond acceptors (Lipinski definition) is 3. The number of aromatic nitrogens is 4. The summed E-state index contributed by atoms with van der Waals surface area (Å²) in [5, 5.41) is 11.1. The Morgan fingerprint density at radius 2 is 1.90 bits per heavy atom. The molecule has 0 amide bonds. The van der Waals surface area contributed by atoms with Crippen molar-refractivity contribution in [2.75, 3.05) is 13.6 Å². The van der Waals surface area contributed by atoms with E-state index < -0.39 is 0 Å². The fraction of sp³-hybridized carbons (Fsp3) is 0.292. The Morgan fingerprint density at radius 1 is 1.03 bits per heavy atom. The molecule has 4 aromatic rings. The van der Waals surface area contributed by atoms with Crippen LogP contribution in [0, 0.1) is 6.92 Å². The molecule has 0 bridgehead atoms. The van der Waals surface area contributed by atoms with Gasteiger partial charge in [0.2, 0.25) is 0 Å².